The Morgan fingerprint density at radius 1 is 1.04 bits per heavy atom. The Kier molecular flexibility index (Phi) is 13.2. The van der Waals surface area contributed by atoms with Gasteiger partial charge in [-0.1, -0.05) is 46.2 Å². The van der Waals surface area contributed by atoms with Crippen molar-refractivity contribution in [1.29, 1.82) is 0 Å². The van der Waals surface area contributed by atoms with Crippen LogP contribution in [0.3, 0.4) is 0 Å². The van der Waals surface area contributed by atoms with Gasteiger partial charge >= 0.3 is 6.09 Å². The number of halogens is 1. The third-order valence-electron chi connectivity index (χ3n) is 8.78. The molecule has 4 rings (SSSR count). The van der Waals surface area contributed by atoms with E-state index in [4.69, 9.17) is 14.2 Å². The van der Waals surface area contributed by atoms with Gasteiger partial charge in [0.25, 0.3) is 0 Å². The quantitative estimate of drug-likeness (QED) is 0.187. The minimum atomic E-state index is -0.509. The number of hydrogen-bond acceptors (Lipinski definition) is 9. The maximum absolute atomic E-state index is 15.1. The summed E-state index contributed by atoms with van der Waals surface area (Å²) >= 11 is 0. The van der Waals surface area contributed by atoms with Crippen LogP contribution in [0.4, 0.5) is 26.6 Å². The Morgan fingerprint density at radius 2 is 1.81 bits per heavy atom. The first kappa shape index (κ1) is 35.9. The van der Waals surface area contributed by atoms with Crippen molar-refractivity contribution in [2.45, 2.75) is 66.7 Å². The summed E-state index contributed by atoms with van der Waals surface area (Å²) in [6.45, 7) is 18.1. The molecular weight excluding hydrogens is 599 g/mol. The summed E-state index contributed by atoms with van der Waals surface area (Å²) in [7, 11) is 1.60. The highest BCUT2D eigenvalue weighted by atomic mass is 19.1. The summed E-state index contributed by atoms with van der Waals surface area (Å²) in [5.74, 6) is 1.32. The fraction of sp³-hybridized carbons (Fsp3) is 0.528. The number of amides is 1. The number of benzene rings is 2. The molecule has 0 saturated carbocycles. The molecule has 1 aliphatic heterocycles. The van der Waals surface area contributed by atoms with E-state index in [2.05, 4.69) is 66.6 Å². The molecule has 2 aromatic carbocycles. The first-order valence-corrected chi connectivity index (χ1v) is 16.7. The summed E-state index contributed by atoms with van der Waals surface area (Å²) < 4.78 is 32.0. The van der Waals surface area contributed by atoms with Crippen LogP contribution in [0.15, 0.2) is 54.7 Å². The number of ether oxygens (including phenoxy) is 3. The van der Waals surface area contributed by atoms with E-state index in [1.165, 1.54) is 6.07 Å². The van der Waals surface area contributed by atoms with Crippen LogP contribution < -0.4 is 19.7 Å². The summed E-state index contributed by atoms with van der Waals surface area (Å²) in [5, 5.41) is 3.09. The molecule has 0 aliphatic carbocycles. The van der Waals surface area contributed by atoms with E-state index >= 15 is 4.39 Å². The Bertz CT molecular complexity index is 1430. The highest BCUT2D eigenvalue weighted by Crippen LogP contribution is 2.29. The average Bonchev–Trinajstić information content (AvgIpc) is 3.07. The molecule has 2 heterocycles. The molecule has 1 N–H and O–H groups in total. The third kappa shape index (κ3) is 10.0. The van der Waals surface area contributed by atoms with Crippen LogP contribution in [-0.4, -0.2) is 84.4 Å². The van der Waals surface area contributed by atoms with Gasteiger partial charge in [0.05, 0.1) is 7.11 Å². The third-order valence-corrected chi connectivity index (χ3v) is 8.78. The number of aromatic nitrogens is 2. The van der Waals surface area contributed by atoms with Crippen molar-refractivity contribution in [2.24, 2.45) is 11.8 Å². The molecule has 3 aromatic rings. The topological polar surface area (TPSA) is 92.3 Å². The van der Waals surface area contributed by atoms with Gasteiger partial charge in [0, 0.05) is 62.8 Å². The smallest absolute Gasteiger partial charge is 0.416 e. The molecule has 0 radical (unpaired) electrons. The molecule has 11 heteroatoms. The maximum Gasteiger partial charge on any atom is 0.416 e. The lowest BCUT2D eigenvalue weighted by Crippen LogP contribution is -2.49. The van der Waals surface area contributed by atoms with Gasteiger partial charge in [-0.05, 0) is 61.6 Å². The van der Waals surface area contributed by atoms with E-state index in [0.29, 0.717) is 29.9 Å². The van der Waals surface area contributed by atoms with Crippen LogP contribution in [0.5, 0.6) is 11.5 Å². The van der Waals surface area contributed by atoms with Crippen molar-refractivity contribution in [3.05, 3.63) is 66.1 Å². The molecule has 2 atom stereocenters. The Balaban J connectivity index is 1.44. The lowest BCUT2D eigenvalue weighted by atomic mass is 9.88. The number of methoxy groups -OCH3 is 1. The molecule has 256 valence electrons. The molecule has 10 nitrogen and oxygen atoms in total. The molecule has 47 heavy (non-hydrogen) atoms. The van der Waals surface area contributed by atoms with Gasteiger partial charge in [-0.3, -0.25) is 14.7 Å². The van der Waals surface area contributed by atoms with Gasteiger partial charge in [-0.15, -0.1) is 0 Å². The zero-order valence-corrected chi connectivity index (χ0v) is 28.9. The zero-order valence-electron chi connectivity index (χ0n) is 28.9. The van der Waals surface area contributed by atoms with Gasteiger partial charge in [0.15, 0.2) is 11.6 Å². The van der Waals surface area contributed by atoms with Crippen LogP contribution in [0.2, 0.25) is 0 Å². The Labute approximate surface area is 279 Å². The zero-order chi connectivity index (χ0) is 33.9. The molecule has 1 fully saturated rings. The average molecular weight is 651 g/mol. The molecule has 1 aromatic heterocycles. The summed E-state index contributed by atoms with van der Waals surface area (Å²) in [6, 6.07) is 14.2. The van der Waals surface area contributed by atoms with Crippen LogP contribution in [0.1, 0.15) is 53.5 Å². The second kappa shape index (κ2) is 17.3. The molecule has 0 spiro atoms. The summed E-state index contributed by atoms with van der Waals surface area (Å²) in [6.07, 6.45) is 1.93. The lowest BCUT2D eigenvalue weighted by Gasteiger charge is -2.36. The van der Waals surface area contributed by atoms with Crippen LogP contribution in [-0.2, 0) is 11.3 Å². The highest BCUT2D eigenvalue weighted by molar-refractivity contribution is 5.87. The minimum absolute atomic E-state index is 0.0799. The predicted octanol–water partition coefficient (Wildman–Crippen LogP) is 6.99. The minimum Gasteiger partial charge on any atom is -0.497 e. The lowest BCUT2D eigenvalue weighted by molar-refractivity contribution is 0.0965. The monoisotopic (exact) mass is 650 g/mol. The fourth-order valence-electron chi connectivity index (χ4n) is 5.95. The molecule has 1 saturated heterocycles. The number of carbonyl (C=O) groups is 1. The number of nitrogens with zero attached hydrogens (tertiary/aromatic N) is 5. The van der Waals surface area contributed by atoms with Gasteiger partial charge in [-0.2, -0.15) is 4.98 Å². The van der Waals surface area contributed by atoms with E-state index in [-0.39, 0.29) is 36.2 Å². The second-order valence-corrected chi connectivity index (χ2v) is 12.7. The Morgan fingerprint density at radius 3 is 2.47 bits per heavy atom. The SMILES string of the molecule is CCC(C)C(C(C)C)N(C(=O)OCc1cccc(OC)c1)c1ccnc(Nc2ccc(OCCN3CCN(C(C)C)CC3)c(F)c2)n1. The summed E-state index contributed by atoms with van der Waals surface area (Å²) in [5.41, 5.74) is 1.28. The van der Waals surface area contributed by atoms with E-state index in [0.717, 1.165) is 44.7 Å². The number of piperazine rings is 1. The standard InChI is InChI=1S/C36H51FN6O4/c1-8-27(6)34(25(2)3)43(36(44)47-24-28-10-9-11-30(22-28)45-7)33-14-15-38-35(40-33)39-29-12-13-32(31(37)23-29)46-21-20-41-16-18-42(19-17-41)26(4)5/h9-15,22-23,25-27,34H,8,16-21,24H2,1-7H3,(H,38,39,40). The molecule has 2 unspecified atom stereocenters. The van der Waals surface area contributed by atoms with Crippen molar-refractivity contribution in [3.63, 3.8) is 0 Å². The van der Waals surface area contributed by atoms with Crippen LogP contribution >= 0.6 is 0 Å². The second-order valence-electron chi connectivity index (χ2n) is 12.7. The van der Waals surface area contributed by atoms with Gasteiger partial charge in [0.2, 0.25) is 5.95 Å². The van der Waals surface area contributed by atoms with E-state index in [1.807, 2.05) is 24.3 Å². The van der Waals surface area contributed by atoms with Crippen molar-refractivity contribution in [3.8, 4) is 11.5 Å². The normalized spacial score (nSPS) is 15.4. The van der Waals surface area contributed by atoms with Crippen molar-refractivity contribution in [1.82, 2.24) is 19.8 Å². The van der Waals surface area contributed by atoms with E-state index in [9.17, 15) is 4.79 Å². The van der Waals surface area contributed by atoms with Gasteiger partial charge < -0.3 is 19.5 Å². The van der Waals surface area contributed by atoms with Gasteiger partial charge in [0.1, 0.15) is 24.8 Å². The highest BCUT2D eigenvalue weighted by Gasteiger charge is 2.34. The largest absolute Gasteiger partial charge is 0.497 e. The molecule has 1 aliphatic rings. The number of rotatable bonds is 15. The maximum atomic E-state index is 15.1. The van der Waals surface area contributed by atoms with Crippen LogP contribution in [0, 0.1) is 17.7 Å². The molecular formula is C36H51FN6O4. The molecule has 0 bridgehead atoms. The number of carbonyl (C=O) groups excluding carboxylic acids is 1. The fourth-order valence-corrected chi connectivity index (χ4v) is 5.95. The predicted molar refractivity (Wildman–Crippen MR) is 184 cm³/mol. The first-order chi connectivity index (χ1) is 22.6. The van der Waals surface area contributed by atoms with Crippen molar-refractivity contribution >= 4 is 23.5 Å². The number of hydrogen-bond donors (Lipinski definition) is 1. The number of nitrogens with one attached hydrogen (secondary N) is 1. The van der Waals surface area contributed by atoms with Crippen molar-refractivity contribution in [2.75, 3.05) is 56.7 Å². The van der Waals surface area contributed by atoms with Gasteiger partial charge in [-0.25, -0.2) is 14.2 Å². The summed E-state index contributed by atoms with van der Waals surface area (Å²) in [4.78, 5) is 29.2. The molecule has 1 amide bonds. The Hall–Kier alpha value is -3.96. The number of anilines is 3. The first-order valence-electron chi connectivity index (χ1n) is 16.7. The van der Waals surface area contributed by atoms with E-state index in [1.54, 1.807) is 36.4 Å². The van der Waals surface area contributed by atoms with Crippen molar-refractivity contribution < 1.29 is 23.4 Å². The van der Waals surface area contributed by atoms with E-state index < -0.39 is 11.9 Å². The van der Waals surface area contributed by atoms with Crippen LogP contribution in [0.25, 0.3) is 0 Å².